The molecule has 0 spiro atoms. The Labute approximate surface area is 292 Å². The Morgan fingerprint density at radius 2 is 1.28 bits per heavy atom. The molecule has 1 aliphatic heterocycles. The highest BCUT2D eigenvalue weighted by atomic mass is 79.9. The number of fused-ring (bicyclic) bond motifs is 7. The van der Waals surface area contributed by atoms with Crippen LogP contribution in [0.4, 0.5) is 5.69 Å². The van der Waals surface area contributed by atoms with Crippen molar-refractivity contribution in [2.24, 2.45) is 10.9 Å². The molecular weight excluding hydrogens is 694 g/mol. The fourth-order valence-corrected chi connectivity index (χ4v) is 8.01. The topological polar surface area (TPSA) is 21.6 Å². The van der Waals surface area contributed by atoms with Crippen molar-refractivity contribution in [2.45, 2.75) is 97.3 Å². The number of unbranched alkanes of at least 4 members (excludes halogenated alkanes) is 8. The van der Waals surface area contributed by atoms with Gasteiger partial charge in [-0.15, -0.1) is 0 Å². The lowest BCUT2D eigenvalue weighted by molar-refractivity contribution is 0.224. The lowest BCUT2D eigenvalue weighted by atomic mass is 9.92. The first-order valence-corrected chi connectivity index (χ1v) is 19.2. The van der Waals surface area contributed by atoms with Gasteiger partial charge >= 0.3 is 0 Å². The van der Waals surface area contributed by atoms with E-state index in [-0.39, 0.29) is 0 Å². The maximum atomic E-state index is 6.89. The van der Waals surface area contributed by atoms with Gasteiger partial charge < -0.3 is 4.74 Å². The van der Waals surface area contributed by atoms with Crippen molar-refractivity contribution in [3.05, 3.63) is 92.9 Å². The maximum absolute atomic E-state index is 6.89. The molecule has 0 fully saturated rings. The summed E-state index contributed by atoms with van der Waals surface area (Å²) in [5.74, 6) is 1.57. The Morgan fingerprint density at radius 3 is 2.02 bits per heavy atom. The minimum Gasteiger partial charge on any atom is -0.493 e. The average Bonchev–Trinajstić information content (AvgIpc) is 3.52. The Hall–Kier alpha value is -2.69. The SMILES string of the molecule is CCCCCCCCC(CCCCCC)COc1ccc2ccccc2c1C1=Nc2c(c3cc(Br)ccc3c3ccc(Br)cc23)C1. The minimum atomic E-state index is 0.590. The molecule has 0 amide bonds. The van der Waals surface area contributed by atoms with Crippen molar-refractivity contribution in [1.29, 1.82) is 0 Å². The summed E-state index contributed by atoms with van der Waals surface area (Å²) in [6.45, 7) is 5.37. The first kappa shape index (κ1) is 33.2. The van der Waals surface area contributed by atoms with Crippen molar-refractivity contribution in [1.82, 2.24) is 0 Å². The zero-order valence-electron chi connectivity index (χ0n) is 27.5. The predicted octanol–water partition coefficient (Wildman–Crippen LogP) is 14.1. The van der Waals surface area contributed by atoms with Gasteiger partial charge in [0.2, 0.25) is 0 Å². The second kappa shape index (κ2) is 15.9. The van der Waals surface area contributed by atoms with E-state index in [9.17, 15) is 0 Å². The molecule has 1 atom stereocenters. The molecule has 46 heavy (non-hydrogen) atoms. The Kier molecular flexibility index (Phi) is 11.5. The molecule has 0 aliphatic carbocycles. The third-order valence-electron chi connectivity index (χ3n) is 9.80. The van der Waals surface area contributed by atoms with E-state index in [4.69, 9.17) is 9.73 Å². The third kappa shape index (κ3) is 7.55. The van der Waals surface area contributed by atoms with Crippen LogP contribution in [0.2, 0.25) is 0 Å². The number of benzene rings is 5. The maximum Gasteiger partial charge on any atom is 0.129 e. The van der Waals surface area contributed by atoms with Crippen LogP contribution < -0.4 is 4.74 Å². The van der Waals surface area contributed by atoms with Crippen LogP contribution in [0, 0.1) is 5.92 Å². The average molecular weight is 742 g/mol. The molecule has 1 aliphatic rings. The highest BCUT2D eigenvalue weighted by Crippen LogP contribution is 2.45. The van der Waals surface area contributed by atoms with Crippen molar-refractivity contribution in [3.8, 4) is 5.75 Å². The summed E-state index contributed by atoms with van der Waals surface area (Å²) < 4.78 is 9.06. The highest BCUT2D eigenvalue weighted by molar-refractivity contribution is 9.10. The first-order chi connectivity index (χ1) is 22.6. The van der Waals surface area contributed by atoms with Crippen molar-refractivity contribution >= 4 is 75.6 Å². The first-order valence-electron chi connectivity index (χ1n) is 17.6. The quantitative estimate of drug-likeness (QED) is 0.0729. The lowest BCUT2D eigenvalue weighted by Gasteiger charge is -2.20. The van der Waals surface area contributed by atoms with Crippen LogP contribution >= 0.6 is 31.9 Å². The summed E-state index contributed by atoms with van der Waals surface area (Å²) in [5, 5.41) is 7.43. The standard InChI is InChI=1S/C42H47Br2NO/c1-3-5-7-9-10-12-16-29(15-11-8-6-4-2)28-46-40-24-19-30-17-13-14-18-33(30)41(40)39-27-38-36-25-31(43)20-22-34(36)35-23-21-32(44)26-37(35)42(38)45-39/h13-14,17-26,29H,3-12,15-16,27-28H2,1-2H3. The van der Waals surface area contributed by atoms with E-state index in [2.05, 4.69) is 119 Å². The molecule has 0 saturated carbocycles. The van der Waals surface area contributed by atoms with Crippen LogP contribution in [0.1, 0.15) is 102 Å². The lowest BCUT2D eigenvalue weighted by Crippen LogP contribution is -2.15. The molecule has 0 saturated heterocycles. The molecular formula is C42H47Br2NO. The predicted molar refractivity (Wildman–Crippen MR) is 206 cm³/mol. The number of hydrogen-bond acceptors (Lipinski definition) is 2. The van der Waals surface area contributed by atoms with E-state index in [1.54, 1.807) is 0 Å². The van der Waals surface area contributed by atoms with Crippen LogP contribution in [-0.2, 0) is 6.42 Å². The minimum absolute atomic E-state index is 0.590. The van der Waals surface area contributed by atoms with Gasteiger partial charge in [-0.25, -0.2) is 0 Å². The zero-order chi connectivity index (χ0) is 31.9. The monoisotopic (exact) mass is 739 g/mol. The van der Waals surface area contributed by atoms with Gasteiger partial charge in [0.05, 0.1) is 18.0 Å². The molecule has 1 unspecified atom stereocenters. The van der Waals surface area contributed by atoms with Crippen LogP contribution in [0.3, 0.4) is 0 Å². The van der Waals surface area contributed by atoms with Crippen molar-refractivity contribution in [3.63, 3.8) is 0 Å². The molecule has 1 heterocycles. The fourth-order valence-electron chi connectivity index (χ4n) is 7.29. The molecule has 4 heteroatoms. The summed E-state index contributed by atoms with van der Waals surface area (Å²) in [5.41, 5.74) is 4.65. The molecule has 0 bridgehead atoms. The Balaban J connectivity index is 1.33. The summed E-state index contributed by atoms with van der Waals surface area (Å²) in [7, 11) is 0. The molecule has 0 radical (unpaired) electrons. The van der Waals surface area contributed by atoms with Gasteiger partial charge in [-0.1, -0.05) is 152 Å². The van der Waals surface area contributed by atoms with Crippen LogP contribution in [0.15, 0.2) is 86.7 Å². The molecule has 0 aromatic heterocycles. The number of rotatable bonds is 16. The van der Waals surface area contributed by atoms with Gasteiger partial charge in [-0.05, 0) is 81.6 Å². The van der Waals surface area contributed by atoms with E-state index in [1.165, 1.54) is 115 Å². The number of halogens is 2. The van der Waals surface area contributed by atoms with Crippen LogP contribution in [-0.4, -0.2) is 12.3 Å². The second-order valence-corrected chi connectivity index (χ2v) is 15.0. The van der Waals surface area contributed by atoms with Gasteiger partial charge in [0, 0.05) is 26.3 Å². The van der Waals surface area contributed by atoms with Gasteiger partial charge in [0.15, 0.2) is 0 Å². The summed E-state index contributed by atoms with van der Waals surface area (Å²) >= 11 is 7.49. The molecule has 6 rings (SSSR count). The molecule has 5 aromatic rings. The fraction of sp³-hybridized carbons (Fsp3) is 0.405. The van der Waals surface area contributed by atoms with E-state index >= 15 is 0 Å². The smallest absolute Gasteiger partial charge is 0.129 e. The van der Waals surface area contributed by atoms with Gasteiger partial charge in [-0.2, -0.15) is 0 Å². The highest BCUT2D eigenvalue weighted by Gasteiger charge is 2.26. The van der Waals surface area contributed by atoms with Crippen LogP contribution in [0.25, 0.3) is 32.3 Å². The molecule has 0 N–H and O–H groups in total. The largest absolute Gasteiger partial charge is 0.493 e. The van der Waals surface area contributed by atoms with Crippen LogP contribution in [0.5, 0.6) is 5.75 Å². The number of ether oxygens (including phenoxy) is 1. The normalized spacial score (nSPS) is 13.4. The van der Waals surface area contributed by atoms with Crippen molar-refractivity contribution in [2.75, 3.05) is 6.61 Å². The Bertz CT molecular complexity index is 1840. The van der Waals surface area contributed by atoms with Gasteiger partial charge in [-0.3, -0.25) is 4.99 Å². The summed E-state index contributed by atoms with van der Waals surface area (Å²) in [4.78, 5) is 5.46. The second-order valence-electron chi connectivity index (χ2n) is 13.2. The van der Waals surface area contributed by atoms with Gasteiger partial charge in [0.1, 0.15) is 5.75 Å². The van der Waals surface area contributed by atoms with Gasteiger partial charge in [0.25, 0.3) is 0 Å². The van der Waals surface area contributed by atoms with E-state index < -0.39 is 0 Å². The number of hydrogen-bond donors (Lipinski definition) is 0. The van der Waals surface area contributed by atoms with Crippen molar-refractivity contribution < 1.29 is 4.74 Å². The van der Waals surface area contributed by atoms with E-state index in [0.29, 0.717) is 5.92 Å². The third-order valence-corrected chi connectivity index (χ3v) is 10.8. The molecule has 2 nitrogen and oxygen atoms in total. The number of aliphatic imine (C=N–C) groups is 1. The Morgan fingerprint density at radius 1 is 0.652 bits per heavy atom. The zero-order valence-corrected chi connectivity index (χ0v) is 30.7. The van der Waals surface area contributed by atoms with E-state index in [0.717, 1.165) is 44.7 Å². The van der Waals surface area contributed by atoms with E-state index in [1.807, 2.05) is 0 Å². The molecule has 5 aromatic carbocycles. The number of nitrogens with zero attached hydrogens (tertiary/aromatic N) is 1. The molecule has 240 valence electrons. The summed E-state index contributed by atoms with van der Waals surface area (Å²) in [6.07, 6.45) is 16.6. The summed E-state index contributed by atoms with van der Waals surface area (Å²) in [6, 6.07) is 26.4.